The van der Waals surface area contributed by atoms with Gasteiger partial charge in [0.15, 0.2) is 0 Å². The molecule has 0 amide bonds. The van der Waals surface area contributed by atoms with E-state index in [9.17, 15) is 0 Å². The van der Waals surface area contributed by atoms with Gasteiger partial charge < -0.3 is 4.65 Å². The summed E-state index contributed by atoms with van der Waals surface area (Å²) in [6.45, 7) is 13.5. The lowest BCUT2D eigenvalue weighted by Crippen LogP contribution is -2.45. The summed E-state index contributed by atoms with van der Waals surface area (Å²) in [4.78, 5) is 0. The molecule has 0 saturated carbocycles. The first kappa shape index (κ1) is 17.0. The Kier molecular flexibility index (Phi) is 4.63. The van der Waals surface area contributed by atoms with Crippen molar-refractivity contribution >= 4 is 22.2 Å². The molecule has 0 saturated heterocycles. The van der Waals surface area contributed by atoms with Crippen LogP contribution in [0.25, 0.3) is 0 Å². The minimum Gasteiger partial charge on any atom is -0.429 e. The van der Waals surface area contributed by atoms with Gasteiger partial charge in [-0.3, -0.25) is 0 Å². The van der Waals surface area contributed by atoms with E-state index in [0.717, 1.165) is 0 Å². The highest BCUT2D eigenvalue weighted by Crippen LogP contribution is 2.36. The van der Waals surface area contributed by atoms with Gasteiger partial charge in [-0.2, -0.15) is 0 Å². The zero-order valence-electron chi connectivity index (χ0n) is 14.5. The molecule has 1 aromatic carbocycles. The molecule has 0 aliphatic heterocycles. The van der Waals surface area contributed by atoms with Crippen molar-refractivity contribution in [2.45, 2.75) is 77.0 Å². The molecule has 0 aromatic heterocycles. The third-order valence-corrected chi connectivity index (χ3v) is 5.99. The Bertz CT molecular complexity index is 514. The summed E-state index contributed by atoms with van der Waals surface area (Å²) in [6.07, 6.45) is 3.81. The van der Waals surface area contributed by atoms with Crippen molar-refractivity contribution in [3.05, 3.63) is 29.3 Å². The fourth-order valence-corrected chi connectivity index (χ4v) is 2.99. The molecule has 1 nitrogen and oxygen atoms in total. The van der Waals surface area contributed by atoms with Gasteiger partial charge in [-0.25, -0.2) is 0 Å². The van der Waals surface area contributed by atoms with Crippen LogP contribution in [0.2, 0.25) is 0 Å². The van der Waals surface area contributed by atoms with Gasteiger partial charge in [-0.15, -0.1) is 9.24 Å². The van der Waals surface area contributed by atoms with Crippen LogP contribution in [0, 0.1) is 0 Å². The summed E-state index contributed by atoms with van der Waals surface area (Å²) in [5.41, 5.74) is 4.52. The molecule has 0 fully saturated rings. The van der Waals surface area contributed by atoms with Crippen LogP contribution in [0.1, 0.15) is 65.5 Å². The number of aryl methyl sites for hydroxylation is 1. The van der Waals surface area contributed by atoms with E-state index in [1.54, 1.807) is 0 Å². The van der Waals surface area contributed by atoms with Crippen LogP contribution < -0.4 is 5.46 Å². The van der Waals surface area contributed by atoms with Gasteiger partial charge in [0.2, 0.25) is 0 Å². The maximum Gasteiger partial charge on any atom is 0.309 e. The molecule has 0 N–H and O–H groups in total. The molecule has 0 heterocycles. The standard InChI is InChI=1S/C18H30BOP/c1-16(2)11-7-8-13-12-14(9-10-15(13)16)19-20-17(3,4)18(5,6)21/h9-10,12,19H,7-8,11,21H2,1-6H3. The molecular weight excluding hydrogens is 274 g/mol. The van der Waals surface area contributed by atoms with Gasteiger partial charge in [0.05, 0.1) is 5.60 Å². The lowest BCUT2D eigenvalue weighted by Gasteiger charge is -2.39. The van der Waals surface area contributed by atoms with Gasteiger partial charge in [0.1, 0.15) is 0 Å². The van der Waals surface area contributed by atoms with Crippen LogP contribution in [0.15, 0.2) is 18.2 Å². The normalized spacial score (nSPS) is 18.2. The van der Waals surface area contributed by atoms with E-state index in [4.69, 9.17) is 4.65 Å². The number of rotatable bonds is 4. The summed E-state index contributed by atoms with van der Waals surface area (Å²) >= 11 is 0. The molecule has 3 heteroatoms. The summed E-state index contributed by atoms with van der Waals surface area (Å²) in [5, 5.41) is 0.0587. The second kappa shape index (κ2) is 5.71. The Morgan fingerprint density at radius 1 is 1.19 bits per heavy atom. The topological polar surface area (TPSA) is 9.23 Å². The molecule has 1 aliphatic carbocycles. The highest BCUT2D eigenvalue weighted by molar-refractivity contribution is 7.19. The molecule has 116 valence electrons. The monoisotopic (exact) mass is 304 g/mol. The van der Waals surface area contributed by atoms with E-state index in [-0.39, 0.29) is 10.8 Å². The van der Waals surface area contributed by atoms with Crippen molar-refractivity contribution in [3.63, 3.8) is 0 Å². The first-order valence-electron chi connectivity index (χ1n) is 8.08. The van der Waals surface area contributed by atoms with Crippen LogP contribution >= 0.6 is 9.24 Å². The first-order valence-corrected chi connectivity index (χ1v) is 8.66. The lowest BCUT2D eigenvalue weighted by atomic mass is 9.71. The third kappa shape index (κ3) is 3.72. The van der Waals surface area contributed by atoms with Crippen molar-refractivity contribution < 1.29 is 4.65 Å². The zero-order valence-corrected chi connectivity index (χ0v) is 15.7. The Morgan fingerprint density at radius 3 is 2.48 bits per heavy atom. The number of hydrogen-bond acceptors (Lipinski definition) is 1. The largest absolute Gasteiger partial charge is 0.429 e. The number of benzene rings is 1. The number of fused-ring (bicyclic) bond motifs is 1. The molecule has 1 aliphatic rings. The highest BCUT2D eigenvalue weighted by atomic mass is 31.0. The van der Waals surface area contributed by atoms with Gasteiger partial charge in [-0.1, -0.05) is 51.4 Å². The molecule has 1 aromatic rings. The third-order valence-electron chi connectivity index (χ3n) is 5.30. The van der Waals surface area contributed by atoms with Crippen LogP contribution in [-0.4, -0.2) is 18.2 Å². The average Bonchev–Trinajstić information content (AvgIpc) is 2.34. The van der Waals surface area contributed by atoms with E-state index >= 15 is 0 Å². The van der Waals surface area contributed by atoms with Crippen molar-refractivity contribution in [1.29, 1.82) is 0 Å². The van der Waals surface area contributed by atoms with Crippen LogP contribution in [0.5, 0.6) is 0 Å². The minimum absolute atomic E-state index is 0.0587. The van der Waals surface area contributed by atoms with Crippen molar-refractivity contribution in [2.24, 2.45) is 0 Å². The Labute approximate surface area is 133 Å². The van der Waals surface area contributed by atoms with Gasteiger partial charge in [-0.05, 0) is 49.7 Å². The summed E-state index contributed by atoms with van der Waals surface area (Å²) in [5.74, 6) is 0. The minimum atomic E-state index is -0.160. The highest BCUT2D eigenvalue weighted by Gasteiger charge is 2.34. The van der Waals surface area contributed by atoms with E-state index in [2.05, 4.69) is 69.0 Å². The second-order valence-electron chi connectivity index (χ2n) is 8.25. The fraction of sp³-hybridized carbons (Fsp3) is 0.667. The van der Waals surface area contributed by atoms with Crippen molar-refractivity contribution in [2.75, 3.05) is 0 Å². The summed E-state index contributed by atoms with van der Waals surface area (Å²) in [6, 6.07) is 6.94. The van der Waals surface area contributed by atoms with Gasteiger partial charge >= 0.3 is 7.48 Å². The quantitative estimate of drug-likeness (QED) is 0.608. The smallest absolute Gasteiger partial charge is 0.309 e. The zero-order chi connectivity index (χ0) is 15.9. The molecule has 1 atom stereocenters. The Balaban J connectivity index is 2.14. The van der Waals surface area contributed by atoms with Crippen LogP contribution in [-0.2, 0) is 16.5 Å². The first-order chi connectivity index (χ1) is 9.53. The molecular formula is C18H30BOP. The van der Waals surface area contributed by atoms with E-state index in [0.29, 0.717) is 12.9 Å². The fourth-order valence-electron chi connectivity index (χ4n) is 2.91. The average molecular weight is 304 g/mol. The Morgan fingerprint density at radius 2 is 1.86 bits per heavy atom. The maximum atomic E-state index is 6.20. The second-order valence-corrected chi connectivity index (χ2v) is 9.69. The SMILES string of the molecule is CC1(C)CCCc2cc(BOC(C)(C)C(C)(C)P)ccc21. The maximum absolute atomic E-state index is 6.20. The van der Waals surface area contributed by atoms with Crippen molar-refractivity contribution in [1.82, 2.24) is 0 Å². The summed E-state index contributed by atoms with van der Waals surface area (Å²) < 4.78 is 6.20. The Hall–Kier alpha value is -0.325. The molecule has 21 heavy (non-hydrogen) atoms. The van der Waals surface area contributed by atoms with Gasteiger partial charge in [0.25, 0.3) is 0 Å². The molecule has 2 rings (SSSR count). The van der Waals surface area contributed by atoms with Crippen LogP contribution in [0.4, 0.5) is 0 Å². The molecule has 1 unspecified atom stereocenters. The predicted molar refractivity (Wildman–Crippen MR) is 98.1 cm³/mol. The van der Waals surface area contributed by atoms with E-state index < -0.39 is 0 Å². The lowest BCUT2D eigenvalue weighted by molar-refractivity contribution is 0.0841. The van der Waals surface area contributed by atoms with E-state index in [1.807, 2.05) is 0 Å². The summed E-state index contributed by atoms with van der Waals surface area (Å²) in [7, 11) is 3.59. The predicted octanol–water partition coefficient (Wildman–Crippen LogP) is 3.73. The van der Waals surface area contributed by atoms with E-state index in [1.165, 1.54) is 35.9 Å². The van der Waals surface area contributed by atoms with Gasteiger partial charge in [0, 0.05) is 5.16 Å². The molecule has 0 radical (unpaired) electrons. The van der Waals surface area contributed by atoms with Crippen LogP contribution in [0.3, 0.4) is 0 Å². The van der Waals surface area contributed by atoms with Crippen molar-refractivity contribution in [3.8, 4) is 0 Å². The number of hydrogen-bond donors (Lipinski definition) is 0. The molecule has 0 spiro atoms. The molecule has 0 bridgehead atoms.